The molecule has 0 aliphatic carbocycles. The van der Waals surface area contributed by atoms with Gasteiger partial charge in [-0.25, -0.2) is 5.48 Å². The van der Waals surface area contributed by atoms with E-state index < -0.39 is 29.7 Å². The first kappa shape index (κ1) is 22.4. The monoisotopic (exact) mass is 442 g/mol. The number of hydroxylamine groups is 1. The number of hydrogen-bond acceptors (Lipinski definition) is 4. The first-order valence-electron chi connectivity index (χ1n) is 10.8. The molecule has 0 saturated carbocycles. The number of nitrogens with zero attached hydrogens (tertiary/aromatic N) is 1. The van der Waals surface area contributed by atoms with E-state index in [-0.39, 0.29) is 0 Å². The van der Waals surface area contributed by atoms with Crippen molar-refractivity contribution in [2.24, 2.45) is 0 Å². The van der Waals surface area contributed by atoms with Crippen molar-refractivity contribution in [1.29, 1.82) is 0 Å². The molecule has 6 nitrogen and oxygen atoms in total. The highest BCUT2D eigenvalue weighted by molar-refractivity contribution is 6.23. The van der Waals surface area contributed by atoms with Gasteiger partial charge in [0.1, 0.15) is 6.04 Å². The van der Waals surface area contributed by atoms with E-state index in [0.717, 1.165) is 32.7 Å². The molecular formula is C27H26N2O4. The predicted octanol–water partition coefficient (Wildman–Crippen LogP) is 4.09. The van der Waals surface area contributed by atoms with Gasteiger partial charge in [0.25, 0.3) is 17.7 Å². The minimum Gasteiger partial charge on any atom is -0.277 e. The maximum Gasteiger partial charge on any atom is 0.267 e. The van der Waals surface area contributed by atoms with Gasteiger partial charge in [-0.05, 0) is 44.0 Å². The molecule has 3 amide bonds. The van der Waals surface area contributed by atoms with Crippen LogP contribution < -0.4 is 5.48 Å². The zero-order valence-electron chi connectivity index (χ0n) is 19.1. The molecule has 2 atom stereocenters. The molecule has 1 aliphatic heterocycles. The summed E-state index contributed by atoms with van der Waals surface area (Å²) >= 11 is 0. The van der Waals surface area contributed by atoms with E-state index in [9.17, 15) is 14.4 Å². The summed E-state index contributed by atoms with van der Waals surface area (Å²) < 4.78 is 0. The molecule has 0 aromatic heterocycles. The van der Waals surface area contributed by atoms with Crippen molar-refractivity contribution < 1.29 is 19.2 Å². The molecule has 1 N–H and O–H groups in total. The van der Waals surface area contributed by atoms with Gasteiger partial charge in [0.2, 0.25) is 0 Å². The number of rotatable bonds is 6. The van der Waals surface area contributed by atoms with Gasteiger partial charge in [0, 0.05) is 5.92 Å². The second kappa shape index (κ2) is 9.00. The van der Waals surface area contributed by atoms with E-state index in [0.29, 0.717) is 11.1 Å². The van der Waals surface area contributed by atoms with Crippen LogP contribution in [0.25, 0.3) is 0 Å². The van der Waals surface area contributed by atoms with Gasteiger partial charge in [-0.2, -0.15) is 0 Å². The Morgan fingerprint density at radius 2 is 1.33 bits per heavy atom. The van der Waals surface area contributed by atoms with Crippen molar-refractivity contribution in [3.05, 3.63) is 106 Å². The number of hydrogen-bond donors (Lipinski definition) is 1. The topological polar surface area (TPSA) is 75.7 Å². The van der Waals surface area contributed by atoms with Crippen LogP contribution in [0.3, 0.4) is 0 Å². The Morgan fingerprint density at radius 3 is 1.85 bits per heavy atom. The third-order valence-electron chi connectivity index (χ3n) is 5.93. The number of imide groups is 1. The molecule has 0 spiro atoms. The molecule has 4 rings (SSSR count). The molecule has 0 radical (unpaired) electrons. The summed E-state index contributed by atoms with van der Waals surface area (Å²) in [4.78, 5) is 46.2. The molecule has 33 heavy (non-hydrogen) atoms. The molecule has 3 aromatic rings. The fourth-order valence-electron chi connectivity index (χ4n) is 4.56. The normalized spacial score (nSPS) is 14.7. The third kappa shape index (κ3) is 4.17. The average Bonchev–Trinajstić information content (AvgIpc) is 3.03. The van der Waals surface area contributed by atoms with Crippen LogP contribution in [0.15, 0.2) is 66.7 Å². The van der Waals surface area contributed by atoms with E-state index in [1.807, 2.05) is 63.2 Å². The maximum absolute atomic E-state index is 13.4. The van der Waals surface area contributed by atoms with Crippen LogP contribution in [0.5, 0.6) is 0 Å². The van der Waals surface area contributed by atoms with Crippen LogP contribution in [-0.2, 0) is 9.63 Å². The second-order valence-electron chi connectivity index (χ2n) is 8.45. The lowest BCUT2D eigenvalue weighted by Crippen LogP contribution is -2.52. The predicted molar refractivity (Wildman–Crippen MR) is 125 cm³/mol. The van der Waals surface area contributed by atoms with Gasteiger partial charge >= 0.3 is 0 Å². The van der Waals surface area contributed by atoms with Crippen molar-refractivity contribution in [3.8, 4) is 0 Å². The van der Waals surface area contributed by atoms with Crippen LogP contribution >= 0.6 is 0 Å². The third-order valence-corrected chi connectivity index (χ3v) is 5.93. The number of carbonyl (C=O) groups is 3. The van der Waals surface area contributed by atoms with Crippen LogP contribution in [0.2, 0.25) is 0 Å². The molecule has 6 heteroatoms. The fourth-order valence-corrected chi connectivity index (χ4v) is 4.56. The largest absolute Gasteiger partial charge is 0.277 e. The Hall–Kier alpha value is -3.77. The molecule has 0 saturated heterocycles. The molecule has 168 valence electrons. The first-order valence-corrected chi connectivity index (χ1v) is 10.8. The summed E-state index contributed by atoms with van der Waals surface area (Å²) in [6, 6.07) is 19.3. The quantitative estimate of drug-likeness (QED) is 0.461. The van der Waals surface area contributed by atoms with E-state index in [1.165, 1.54) is 7.11 Å². The van der Waals surface area contributed by atoms with Gasteiger partial charge in [0.05, 0.1) is 18.2 Å². The molecule has 3 aromatic carbocycles. The van der Waals surface area contributed by atoms with Crippen molar-refractivity contribution in [3.63, 3.8) is 0 Å². The highest BCUT2D eigenvalue weighted by Crippen LogP contribution is 2.36. The Bertz CT molecular complexity index is 1180. The molecule has 0 fully saturated rings. The fraction of sp³-hybridized carbons (Fsp3) is 0.222. The lowest BCUT2D eigenvalue weighted by Gasteiger charge is -2.33. The van der Waals surface area contributed by atoms with Crippen LogP contribution in [0.4, 0.5) is 0 Å². The van der Waals surface area contributed by atoms with Gasteiger partial charge in [-0.15, -0.1) is 0 Å². The van der Waals surface area contributed by atoms with Crippen molar-refractivity contribution in [2.75, 3.05) is 7.11 Å². The summed E-state index contributed by atoms with van der Waals surface area (Å²) in [7, 11) is 1.33. The van der Waals surface area contributed by atoms with Gasteiger partial charge < -0.3 is 0 Å². The minimum atomic E-state index is -1.15. The summed E-state index contributed by atoms with van der Waals surface area (Å²) in [5.41, 5.74) is 7.72. The highest BCUT2D eigenvalue weighted by atomic mass is 16.6. The smallest absolute Gasteiger partial charge is 0.267 e. The van der Waals surface area contributed by atoms with E-state index in [4.69, 9.17) is 4.84 Å². The SMILES string of the molecule is CONC(=O)[C@H]([C@@H](c1ccc(C)cc1)c1cc(C)cc(C)c1)N1C(=O)c2ccccc2C1=O. The molecular weight excluding hydrogens is 416 g/mol. The van der Waals surface area contributed by atoms with Crippen molar-refractivity contribution in [2.45, 2.75) is 32.7 Å². The van der Waals surface area contributed by atoms with Crippen LogP contribution in [0.1, 0.15) is 54.5 Å². The summed E-state index contributed by atoms with van der Waals surface area (Å²) in [6.45, 7) is 5.94. The van der Waals surface area contributed by atoms with E-state index in [1.54, 1.807) is 24.3 Å². The lowest BCUT2D eigenvalue weighted by atomic mass is 9.82. The molecule has 1 aliphatic rings. The van der Waals surface area contributed by atoms with Gasteiger partial charge in [-0.1, -0.05) is 71.3 Å². The zero-order chi connectivity index (χ0) is 23.7. The Kier molecular flexibility index (Phi) is 6.11. The van der Waals surface area contributed by atoms with E-state index >= 15 is 0 Å². The lowest BCUT2D eigenvalue weighted by molar-refractivity contribution is -0.135. The average molecular weight is 443 g/mol. The minimum absolute atomic E-state index is 0.292. The molecule has 0 unspecified atom stereocenters. The highest BCUT2D eigenvalue weighted by Gasteiger charge is 2.47. The Balaban J connectivity index is 1.93. The summed E-state index contributed by atoms with van der Waals surface area (Å²) in [5.74, 6) is -2.15. The summed E-state index contributed by atoms with van der Waals surface area (Å²) in [5, 5.41) is 0. The number of carbonyl (C=O) groups excluding carboxylic acids is 3. The number of benzene rings is 3. The first-order chi connectivity index (χ1) is 15.8. The van der Waals surface area contributed by atoms with E-state index in [2.05, 4.69) is 5.48 Å². The number of amides is 3. The molecule has 1 heterocycles. The number of aryl methyl sites for hydroxylation is 3. The Labute approximate surface area is 193 Å². The number of fused-ring (bicyclic) bond motifs is 1. The van der Waals surface area contributed by atoms with Crippen LogP contribution in [-0.4, -0.2) is 35.8 Å². The summed E-state index contributed by atoms with van der Waals surface area (Å²) in [6.07, 6.45) is 0. The van der Waals surface area contributed by atoms with Gasteiger partial charge in [0.15, 0.2) is 0 Å². The van der Waals surface area contributed by atoms with Crippen molar-refractivity contribution in [1.82, 2.24) is 10.4 Å². The standard InChI is InChI=1S/C27H26N2O4/c1-16-9-11-19(12-10-16)23(20-14-17(2)13-18(3)15-20)24(25(30)28-33-4)29-26(31)21-7-5-6-8-22(21)27(29)32/h5-15,23-24H,1-4H3,(H,28,30)/t23-,24-/m0/s1. The second-order valence-corrected chi connectivity index (χ2v) is 8.45. The Morgan fingerprint density at radius 1 is 0.788 bits per heavy atom. The number of nitrogens with one attached hydrogen (secondary N) is 1. The molecule has 0 bridgehead atoms. The van der Waals surface area contributed by atoms with Crippen molar-refractivity contribution >= 4 is 17.7 Å². The maximum atomic E-state index is 13.4. The van der Waals surface area contributed by atoms with Gasteiger partial charge in [-0.3, -0.25) is 24.1 Å². The zero-order valence-corrected chi connectivity index (χ0v) is 19.1. The van der Waals surface area contributed by atoms with Crippen LogP contribution in [0, 0.1) is 20.8 Å².